The summed E-state index contributed by atoms with van der Waals surface area (Å²) in [4.78, 5) is 13.6. The summed E-state index contributed by atoms with van der Waals surface area (Å²) in [5.41, 5.74) is 0.794. The third-order valence-electron chi connectivity index (χ3n) is 5.96. The summed E-state index contributed by atoms with van der Waals surface area (Å²) in [7, 11) is -5.62. The van der Waals surface area contributed by atoms with Crippen molar-refractivity contribution in [3.05, 3.63) is 35.1 Å². The number of aromatic nitrogens is 1. The molecule has 1 fully saturated rings. The minimum Gasteiger partial charge on any atom is -0.444 e. The van der Waals surface area contributed by atoms with Crippen molar-refractivity contribution in [2.24, 2.45) is 0 Å². The lowest BCUT2D eigenvalue weighted by Gasteiger charge is -2.25. The summed E-state index contributed by atoms with van der Waals surface area (Å²) in [6, 6.07) is 3.30. The van der Waals surface area contributed by atoms with Crippen LogP contribution in [0.2, 0.25) is 25.7 Å². The van der Waals surface area contributed by atoms with Crippen LogP contribution in [0.3, 0.4) is 0 Å². The summed E-state index contributed by atoms with van der Waals surface area (Å²) in [5, 5.41) is 4.86. The molecular weight excluding hydrogens is 548 g/mol. The summed E-state index contributed by atoms with van der Waals surface area (Å²) in [5.74, 6) is -0.865. The second kappa shape index (κ2) is 11.9. The molecule has 1 saturated heterocycles. The van der Waals surface area contributed by atoms with Crippen molar-refractivity contribution in [2.75, 3.05) is 36.0 Å². The molecule has 1 N–H and O–H groups in total. The number of carbonyl (C=O) groups excluding carboxylic acids is 1. The topological polar surface area (TPSA) is 101 Å². The highest BCUT2D eigenvalue weighted by Gasteiger charge is 2.32. The van der Waals surface area contributed by atoms with Crippen LogP contribution in [-0.2, 0) is 19.5 Å². The van der Waals surface area contributed by atoms with E-state index in [1.807, 2.05) is 20.8 Å². The van der Waals surface area contributed by atoms with Gasteiger partial charge in [-0.05, 0) is 69.4 Å². The predicted molar refractivity (Wildman–Crippen MR) is 152 cm³/mol. The van der Waals surface area contributed by atoms with Crippen molar-refractivity contribution in [1.82, 2.24) is 9.27 Å². The van der Waals surface area contributed by atoms with E-state index in [1.54, 1.807) is 17.2 Å². The zero-order valence-electron chi connectivity index (χ0n) is 23.2. The Hall–Kier alpha value is -2.22. The molecule has 1 aromatic heterocycles. The summed E-state index contributed by atoms with van der Waals surface area (Å²) in [6.07, 6.45) is 1.70. The molecule has 1 aromatic carbocycles. The Bertz CT molecular complexity index is 1210. The van der Waals surface area contributed by atoms with Crippen molar-refractivity contribution in [3.8, 4) is 0 Å². The average Bonchev–Trinajstić information content (AvgIpc) is 3.46. The fraction of sp³-hybridized carbons (Fsp3) is 0.600. The maximum atomic E-state index is 15.4. The third kappa shape index (κ3) is 8.14. The third-order valence-corrected chi connectivity index (χ3v) is 10.0. The first-order chi connectivity index (χ1) is 17.6. The fourth-order valence-electron chi connectivity index (χ4n) is 3.85. The Morgan fingerprint density at radius 3 is 2.63 bits per heavy atom. The molecule has 9 nitrogen and oxygen atoms in total. The summed E-state index contributed by atoms with van der Waals surface area (Å²) < 4.78 is 58.8. The van der Waals surface area contributed by atoms with E-state index in [4.69, 9.17) is 9.47 Å². The first-order valence-corrected chi connectivity index (χ1v) is 18.6. The number of halogens is 1. The molecule has 13 heteroatoms. The van der Waals surface area contributed by atoms with Crippen LogP contribution in [0.25, 0.3) is 0 Å². The van der Waals surface area contributed by atoms with Gasteiger partial charge in [-0.25, -0.2) is 21.9 Å². The van der Waals surface area contributed by atoms with Gasteiger partial charge >= 0.3 is 6.09 Å². The normalized spacial score (nSPS) is 16.5. The summed E-state index contributed by atoms with van der Waals surface area (Å²) in [6.45, 7) is 14.9. The van der Waals surface area contributed by atoms with Crippen molar-refractivity contribution in [1.29, 1.82) is 0 Å². The van der Waals surface area contributed by atoms with Crippen LogP contribution in [-0.4, -0.2) is 69.9 Å². The minimum atomic E-state index is -4.26. The molecule has 0 radical (unpaired) electrons. The molecular formula is C25H39FN4O5S2Si. The number of nitrogens with one attached hydrogen (secondary N) is 1. The van der Waals surface area contributed by atoms with Crippen LogP contribution in [0.5, 0.6) is 0 Å². The lowest BCUT2D eigenvalue weighted by atomic mass is 10.1. The number of ether oxygens (including phenoxy) is 2. The molecule has 1 aliphatic heterocycles. The van der Waals surface area contributed by atoms with Gasteiger partial charge in [0.1, 0.15) is 23.0 Å². The molecule has 0 aliphatic carbocycles. The van der Waals surface area contributed by atoms with E-state index in [-0.39, 0.29) is 18.9 Å². The second-order valence-corrected chi connectivity index (χ2v) is 19.8. The van der Waals surface area contributed by atoms with Crippen molar-refractivity contribution >= 4 is 47.1 Å². The zero-order valence-corrected chi connectivity index (χ0v) is 25.8. The molecule has 1 atom stereocenters. The Labute approximate surface area is 230 Å². The van der Waals surface area contributed by atoms with Crippen molar-refractivity contribution < 1.29 is 27.1 Å². The number of anilines is 2. The highest BCUT2D eigenvalue weighted by molar-refractivity contribution is 7.92. The first kappa shape index (κ1) is 30.3. The van der Waals surface area contributed by atoms with Gasteiger partial charge in [0, 0.05) is 44.9 Å². The van der Waals surface area contributed by atoms with E-state index in [1.165, 1.54) is 18.3 Å². The number of hydrogen-bond donors (Lipinski definition) is 1. The van der Waals surface area contributed by atoms with Gasteiger partial charge in [-0.2, -0.15) is 4.37 Å². The second-order valence-electron chi connectivity index (χ2n) is 11.7. The number of nitrogens with zero attached hydrogens (tertiary/aromatic N) is 3. The minimum absolute atomic E-state index is 0.115. The van der Waals surface area contributed by atoms with Crippen LogP contribution < -0.4 is 9.62 Å². The molecule has 0 saturated carbocycles. The highest BCUT2D eigenvalue weighted by Crippen LogP contribution is 2.30. The number of likely N-dealkylation sites (tertiary alicyclic amines) is 1. The monoisotopic (exact) mass is 586 g/mol. The standard InChI is InChI=1S/C25H39FN4O5S2Si/c1-18-12-23(37(32,33)30(20-14-27-36-16-20)17-34-10-11-38(5,6)7)21(26)13-22(18)28-19-8-9-29(15-19)24(31)35-25(2,3)4/h12-14,16,19,28H,8-11,15,17H2,1-7H3. The average molecular weight is 587 g/mol. The molecule has 2 heterocycles. The quantitative estimate of drug-likeness (QED) is 0.222. The van der Waals surface area contributed by atoms with Gasteiger partial charge in [-0.1, -0.05) is 19.6 Å². The number of hydrogen-bond acceptors (Lipinski definition) is 8. The van der Waals surface area contributed by atoms with Crippen LogP contribution in [0.15, 0.2) is 28.6 Å². The van der Waals surface area contributed by atoms with Crippen LogP contribution in [0.4, 0.5) is 20.6 Å². The van der Waals surface area contributed by atoms with Gasteiger partial charge in [-0.3, -0.25) is 0 Å². The van der Waals surface area contributed by atoms with Gasteiger partial charge in [0.2, 0.25) is 0 Å². The molecule has 0 spiro atoms. The van der Waals surface area contributed by atoms with Crippen LogP contribution in [0.1, 0.15) is 32.8 Å². The van der Waals surface area contributed by atoms with Gasteiger partial charge in [0.15, 0.2) is 0 Å². The smallest absolute Gasteiger partial charge is 0.410 e. The fourth-order valence-corrected chi connectivity index (χ4v) is 6.66. The van der Waals surface area contributed by atoms with Gasteiger partial charge in [-0.15, -0.1) is 0 Å². The molecule has 1 amide bonds. The van der Waals surface area contributed by atoms with E-state index in [0.717, 1.165) is 21.9 Å². The molecule has 0 bridgehead atoms. The van der Waals surface area contributed by atoms with Crippen molar-refractivity contribution in [2.45, 2.75) is 76.3 Å². The van der Waals surface area contributed by atoms with Crippen LogP contribution in [0, 0.1) is 12.7 Å². The highest BCUT2D eigenvalue weighted by atomic mass is 32.2. The Morgan fingerprint density at radius 1 is 1.32 bits per heavy atom. The number of amides is 1. The lowest BCUT2D eigenvalue weighted by molar-refractivity contribution is 0.0293. The Kier molecular flexibility index (Phi) is 9.48. The molecule has 1 unspecified atom stereocenters. The first-order valence-electron chi connectivity index (χ1n) is 12.6. The van der Waals surface area contributed by atoms with Gasteiger partial charge in [0.05, 0.1) is 11.9 Å². The van der Waals surface area contributed by atoms with E-state index in [2.05, 4.69) is 29.3 Å². The molecule has 212 valence electrons. The predicted octanol–water partition coefficient (Wildman–Crippen LogP) is 5.52. The van der Waals surface area contributed by atoms with Gasteiger partial charge < -0.3 is 19.7 Å². The number of aryl methyl sites for hydroxylation is 1. The number of sulfonamides is 1. The van der Waals surface area contributed by atoms with Crippen LogP contribution >= 0.6 is 11.5 Å². The van der Waals surface area contributed by atoms with E-state index in [0.29, 0.717) is 43.1 Å². The Balaban J connectivity index is 1.75. The maximum Gasteiger partial charge on any atom is 0.410 e. The summed E-state index contributed by atoms with van der Waals surface area (Å²) >= 11 is 1.11. The molecule has 1 aliphatic rings. The van der Waals surface area contributed by atoms with Crippen molar-refractivity contribution in [3.63, 3.8) is 0 Å². The maximum absolute atomic E-state index is 15.4. The largest absolute Gasteiger partial charge is 0.444 e. The van der Waals surface area contributed by atoms with E-state index < -0.39 is 34.4 Å². The molecule has 2 aromatic rings. The number of rotatable bonds is 10. The van der Waals surface area contributed by atoms with E-state index in [9.17, 15) is 13.2 Å². The molecule has 3 rings (SSSR count). The number of benzene rings is 1. The number of carbonyl (C=O) groups is 1. The zero-order chi connectivity index (χ0) is 28.3. The SMILES string of the molecule is Cc1cc(S(=O)(=O)N(COCC[Si](C)(C)C)c2cnsc2)c(F)cc1NC1CCN(C(=O)OC(C)(C)C)C1. The Morgan fingerprint density at radius 2 is 2.03 bits per heavy atom. The van der Waals surface area contributed by atoms with E-state index >= 15 is 4.39 Å². The van der Waals surface area contributed by atoms with Gasteiger partial charge in [0.25, 0.3) is 10.0 Å². The molecule has 38 heavy (non-hydrogen) atoms. The lowest BCUT2D eigenvalue weighted by Crippen LogP contribution is -2.36.